The monoisotopic (exact) mass is 290 g/mol. The van der Waals surface area contributed by atoms with Crippen LogP contribution in [-0.2, 0) is 0 Å². The second kappa shape index (κ2) is 6.95. The fraction of sp³-hybridized carbons (Fsp3) is 0.143. The average molecular weight is 290 g/mol. The van der Waals surface area contributed by atoms with Crippen LogP contribution in [0.4, 0.5) is 0 Å². The van der Waals surface area contributed by atoms with Crippen LogP contribution < -0.4 is 0 Å². The fourth-order valence-corrected chi connectivity index (χ4v) is 2.17. The maximum absolute atomic E-state index is 10.4. The van der Waals surface area contributed by atoms with Crippen molar-refractivity contribution >= 4 is 11.3 Å². The van der Waals surface area contributed by atoms with Crippen molar-refractivity contribution < 1.29 is 5.11 Å². The van der Waals surface area contributed by atoms with Crippen LogP contribution in [0.5, 0.6) is 0 Å². The van der Waals surface area contributed by atoms with Crippen LogP contribution in [0.15, 0.2) is 72.8 Å². The van der Waals surface area contributed by atoms with Crippen molar-refractivity contribution in [1.29, 1.82) is 0 Å². The first-order valence-corrected chi connectivity index (χ1v) is 7.37. The Morgan fingerprint density at radius 2 is 1.27 bits per heavy atom. The molecule has 0 heterocycles. The quantitative estimate of drug-likeness (QED) is 0.552. The lowest BCUT2D eigenvalue weighted by molar-refractivity contribution is 0.512. The van der Waals surface area contributed by atoms with Crippen molar-refractivity contribution in [2.24, 2.45) is 0 Å². The van der Waals surface area contributed by atoms with Gasteiger partial charge in [-0.15, -0.1) is 0 Å². The van der Waals surface area contributed by atoms with Crippen molar-refractivity contribution in [3.8, 4) is 0 Å². The molecule has 0 aliphatic carbocycles. The highest BCUT2D eigenvalue weighted by Gasteiger charge is 2.04. The summed E-state index contributed by atoms with van der Waals surface area (Å²) in [6, 6.07) is 16.1. The lowest BCUT2D eigenvalue weighted by Gasteiger charge is -2.07. The Labute approximate surface area is 132 Å². The van der Waals surface area contributed by atoms with Gasteiger partial charge >= 0.3 is 0 Å². The molecule has 2 aromatic carbocycles. The molecule has 0 aliphatic rings. The zero-order valence-corrected chi connectivity index (χ0v) is 13.4. The van der Waals surface area contributed by atoms with Gasteiger partial charge in [-0.3, -0.25) is 0 Å². The minimum atomic E-state index is 0.257. The second-order valence-corrected chi connectivity index (χ2v) is 5.71. The third kappa shape index (κ3) is 4.23. The summed E-state index contributed by atoms with van der Waals surface area (Å²) in [7, 11) is 0. The number of hydrogen-bond donors (Lipinski definition) is 1. The maximum Gasteiger partial charge on any atom is 0.123 e. The van der Waals surface area contributed by atoms with Gasteiger partial charge in [0.1, 0.15) is 5.76 Å². The van der Waals surface area contributed by atoms with Gasteiger partial charge in [-0.05, 0) is 38.0 Å². The lowest BCUT2D eigenvalue weighted by atomic mass is 10.00. The van der Waals surface area contributed by atoms with Crippen LogP contribution >= 0.6 is 0 Å². The van der Waals surface area contributed by atoms with E-state index >= 15 is 0 Å². The highest BCUT2D eigenvalue weighted by atomic mass is 16.3. The summed E-state index contributed by atoms with van der Waals surface area (Å²) in [6.07, 6.45) is 3.78. The van der Waals surface area contributed by atoms with Gasteiger partial charge in [0.2, 0.25) is 0 Å². The number of hydrogen-bond acceptors (Lipinski definition) is 1. The Morgan fingerprint density at radius 3 is 1.73 bits per heavy atom. The Morgan fingerprint density at radius 1 is 0.818 bits per heavy atom. The van der Waals surface area contributed by atoms with Crippen molar-refractivity contribution in [3.63, 3.8) is 0 Å². The Kier molecular flexibility index (Phi) is 5.00. The van der Waals surface area contributed by atoms with Gasteiger partial charge in [-0.2, -0.15) is 0 Å². The summed E-state index contributed by atoms with van der Waals surface area (Å²) < 4.78 is 0. The first kappa shape index (κ1) is 15.8. The van der Waals surface area contributed by atoms with E-state index in [0.717, 1.165) is 22.3 Å². The van der Waals surface area contributed by atoms with E-state index < -0.39 is 0 Å². The molecule has 0 unspecified atom stereocenters. The molecule has 22 heavy (non-hydrogen) atoms. The zero-order chi connectivity index (χ0) is 16.1. The molecule has 0 aliphatic heterocycles. The fourth-order valence-electron chi connectivity index (χ4n) is 2.17. The topological polar surface area (TPSA) is 20.2 Å². The van der Waals surface area contributed by atoms with Crippen molar-refractivity contribution in [2.45, 2.75) is 20.8 Å². The molecule has 0 atom stereocenters. The molecule has 1 N–H and O–H groups in total. The largest absolute Gasteiger partial charge is 0.507 e. The molecule has 1 heteroatoms. The Hall–Kier alpha value is -2.54. The third-order valence-electron chi connectivity index (χ3n) is 3.43. The molecule has 0 radical (unpaired) electrons. The number of aliphatic hydroxyl groups excluding tert-OH is 1. The number of aliphatic hydroxyl groups is 1. The SMILES string of the molecule is C=C(C)/C=C(\C=C(/O)c1ccc(C)cc1)c1ccc(C)cc1. The summed E-state index contributed by atoms with van der Waals surface area (Å²) in [5, 5.41) is 10.4. The lowest BCUT2D eigenvalue weighted by Crippen LogP contribution is -1.88. The van der Waals surface area contributed by atoms with Crippen LogP contribution in [0, 0.1) is 13.8 Å². The molecule has 0 saturated heterocycles. The van der Waals surface area contributed by atoms with Crippen LogP contribution in [-0.4, -0.2) is 5.11 Å². The number of rotatable bonds is 4. The predicted octanol–water partition coefficient (Wildman–Crippen LogP) is 5.86. The molecule has 2 aromatic rings. The van der Waals surface area contributed by atoms with E-state index in [9.17, 15) is 5.11 Å². The van der Waals surface area contributed by atoms with E-state index in [4.69, 9.17) is 0 Å². The third-order valence-corrected chi connectivity index (χ3v) is 3.43. The van der Waals surface area contributed by atoms with E-state index in [1.54, 1.807) is 6.08 Å². The highest BCUT2D eigenvalue weighted by Crippen LogP contribution is 2.23. The van der Waals surface area contributed by atoms with Crippen molar-refractivity contribution in [1.82, 2.24) is 0 Å². The Bertz CT molecular complexity index is 714. The first-order valence-electron chi connectivity index (χ1n) is 7.37. The minimum Gasteiger partial charge on any atom is -0.507 e. The van der Waals surface area contributed by atoms with Gasteiger partial charge in [-0.1, -0.05) is 77.9 Å². The van der Waals surface area contributed by atoms with Gasteiger partial charge in [0.25, 0.3) is 0 Å². The molecule has 0 saturated carbocycles. The van der Waals surface area contributed by atoms with E-state index in [1.165, 1.54) is 11.1 Å². The van der Waals surface area contributed by atoms with E-state index in [-0.39, 0.29) is 5.76 Å². The number of benzene rings is 2. The van der Waals surface area contributed by atoms with Crippen molar-refractivity contribution in [2.75, 3.05) is 0 Å². The van der Waals surface area contributed by atoms with Gasteiger partial charge < -0.3 is 5.11 Å². The number of allylic oxidation sites excluding steroid dienone is 4. The normalized spacial score (nSPS) is 12.3. The molecule has 0 amide bonds. The standard InChI is InChI=1S/C21H22O/c1-15(2)13-20(18-9-5-16(3)6-10-18)14-21(22)19-11-7-17(4)8-12-19/h5-14,22H,1H2,2-4H3/b20-13+,21-14-. The minimum absolute atomic E-state index is 0.257. The van der Waals surface area contributed by atoms with Crippen LogP contribution in [0.1, 0.15) is 29.2 Å². The predicted molar refractivity (Wildman–Crippen MR) is 95.8 cm³/mol. The molecular weight excluding hydrogens is 268 g/mol. The van der Waals surface area contributed by atoms with E-state index in [0.29, 0.717) is 0 Å². The zero-order valence-electron chi connectivity index (χ0n) is 13.4. The van der Waals surface area contributed by atoms with E-state index in [2.05, 4.69) is 37.8 Å². The summed E-state index contributed by atoms with van der Waals surface area (Å²) in [6.45, 7) is 9.98. The van der Waals surface area contributed by atoms with E-state index in [1.807, 2.05) is 44.2 Å². The Balaban J connectivity index is 2.42. The first-order chi connectivity index (χ1) is 10.5. The maximum atomic E-state index is 10.4. The molecule has 0 fully saturated rings. The molecule has 1 nitrogen and oxygen atoms in total. The van der Waals surface area contributed by atoms with Crippen LogP contribution in [0.25, 0.3) is 11.3 Å². The molecule has 0 spiro atoms. The summed E-state index contributed by atoms with van der Waals surface area (Å²) in [4.78, 5) is 0. The van der Waals surface area contributed by atoms with Gasteiger partial charge in [0.15, 0.2) is 0 Å². The van der Waals surface area contributed by atoms with Crippen LogP contribution in [0.3, 0.4) is 0 Å². The van der Waals surface area contributed by atoms with Gasteiger partial charge in [-0.25, -0.2) is 0 Å². The molecule has 0 aromatic heterocycles. The average Bonchev–Trinajstić information content (AvgIpc) is 2.47. The smallest absolute Gasteiger partial charge is 0.123 e. The molecule has 2 rings (SSSR count). The highest BCUT2D eigenvalue weighted by molar-refractivity contribution is 5.82. The van der Waals surface area contributed by atoms with Crippen LogP contribution in [0.2, 0.25) is 0 Å². The second-order valence-electron chi connectivity index (χ2n) is 5.71. The summed E-state index contributed by atoms with van der Waals surface area (Å²) >= 11 is 0. The number of aryl methyl sites for hydroxylation is 2. The van der Waals surface area contributed by atoms with Gasteiger partial charge in [0.05, 0.1) is 0 Å². The van der Waals surface area contributed by atoms with Crippen molar-refractivity contribution in [3.05, 3.63) is 95.1 Å². The summed E-state index contributed by atoms with van der Waals surface area (Å²) in [5.41, 5.74) is 6.16. The summed E-state index contributed by atoms with van der Waals surface area (Å²) in [5.74, 6) is 0.257. The molecule has 0 bridgehead atoms. The molecular formula is C21H22O. The van der Waals surface area contributed by atoms with Gasteiger partial charge in [0, 0.05) is 5.56 Å². The molecule has 112 valence electrons.